The minimum Gasteiger partial charge on any atom is -0.378 e. The van der Waals surface area contributed by atoms with E-state index in [1.165, 1.54) is 24.3 Å². The van der Waals surface area contributed by atoms with Crippen LogP contribution in [-0.2, 0) is 6.18 Å². The van der Waals surface area contributed by atoms with Crippen molar-refractivity contribution in [2.24, 2.45) is 0 Å². The van der Waals surface area contributed by atoms with Gasteiger partial charge in [-0.05, 0) is 48.5 Å². The van der Waals surface area contributed by atoms with Gasteiger partial charge in [-0.1, -0.05) is 11.6 Å². The maximum Gasteiger partial charge on any atom is 0.434 e. The second kappa shape index (κ2) is 7.55. The monoisotopic (exact) mass is 408 g/mol. The number of halogens is 4. The first-order chi connectivity index (χ1) is 13.2. The molecule has 0 aliphatic carbocycles. The second-order valence-corrected chi connectivity index (χ2v) is 6.62. The van der Waals surface area contributed by atoms with E-state index in [4.69, 9.17) is 11.6 Å². The molecule has 146 valence electrons. The first kappa shape index (κ1) is 19.8. The molecule has 0 aliphatic rings. The number of carbonyl (C=O) groups excluding carboxylic acids is 1. The summed E-state index contributed by atoms with van der Waals surface area (Å²) < 4.78 is 41.7. The van der Waals surface area contributed by atoms with E-state index in [-0.39, 0.29) is 5.69 Å². The van der Waals surface area contributed by atoms with Gasteiger partial charge in [0.1, 0.15) is 0 Å². The molecule has 0 spiro atoms. The van der Waals surface area contributed by atoms with E-state index in [0.29, 0.717) is 15.4 Å². The maximum absolute atomic E-state index is 13.7. The van der Waals surface area contributed by atoms with Crippen LogP contribution in [0.1, 0.15) is 16.1 Å². The van der Waals surface area contributed by atoms with E-state index < -0.39 is 23.3 Å². The molecule has 1 aromatic heterocycles. The average molecular weight is 409 g/mol. The molecule has 2 aromatic carbocycles. The molecule has 0 aliphatic heterocycles. The van der Waals surface area contributed by atoms with E-state index in [1.54, 1.807) is 24.3 Å². The summed E-state index contributed by atoms with van der Waals surface area (Å²) in [5, 5.41) is 6.63. The zero-order chi connectivity index (χ0) is 20.5. The molecule has 0 saturated heterocycles. The van der Waals surface area contributed by atoms with Gasteiger partial charge in [0.25, 0.3) is 5.91 Å². The van der Waals surface area contributed by atoms with Crippen LogP contribution >= 0.6 is 11.6 Å². The highest BCUT2D eigenvalue weighted by molar-refractivity contribution is 6.30. The topological polar surface area (TPSA) is 50.2 Å². The normalized spacial score (nSPS) is 11.4. The average Bonchev–Trinajstić information content (AvgIpc) is 3.08. The highest BCUT2D eigenvalue weighted by Gasteiger charge is 2.40. The highest BCUT2D eigenvalue weighted by Crippen LogP contribution is 2.34. The number of nitrogens with one attached hydrogen (secondary N) is 1. The SMILES string of the molecule is CN(C)c1ccc(NC(=O)c2cnn(-c3ccc(Cl)cc3)c2C(F)(F)F)cc1. The molecule has 1 heterocycles. The van der Waals surface area contributed by atoms with Gasteiger partial charge < -0.3 is 10.2 Å². The second-order valence-electron chi connectivity index (χ2n) is 6.19. The molecular weight excluding hydrogens is 393 g/mol. The summed E-state index contributed by atoms with van der Waals surface area (Å²) >= 11 is 5.79. The van der Waals surface area contributed by atoms with E-state index in [1.807, 2.05) is 19.0 Å². The van der Waals surface area contributed by atoms with E-state index >= 15 is 0 Å². The Morgan fingerprint density at radius 3 is 2.21 bits per heavy atom. The molecule has 9 heteroatoms. The summed E-state index contributed by atoms with van der Waals surface area (Å²) in [4.78, 5) is 14.4. The molecule has 3 aromatic rings. The summed E-state index contributed by atoms with van der Waals surface area (Å²) in [7, 11) is 3.71. The van der Waals surface area contributed by atoms with Crippen LogP contribution in [0.4, 0.5) is 24.5 Å². The number of hydrogen-bond acceptors (Lipinski definition) is 3. The third-order valence-electron chi connectivity index (χ3n) is 4.00. The molecule has 0 radical (unpaired) electrons. The molecule has 0 bridgehead atoms. The van der Waals surface area contributed by atoms with Gasteiger partial charge >= 0.3 is 6.18 Å². The van der Waals surface area contributed by atoms with Crippen LogP contribution in [0.25, 0.3) is 5.69 Å². The van der Waals surface area contributed by atoms with Gasteiger partial charge in [-0.25, -0.2) is 4.68 Å². The van der Waals surface area contributed by atoms with Gasteiger partial charge in [-0.3, -0.25) is 4.79 Å². The Labute approximate surface area is 164 Å². The number of aromatic nitrogens is 2. The van der Waals surface area contributed by atoms with Gasteiger partial charge in [-0.15, -0.1) is 0 Å². The quantitative estimate of drug-likeness (QED) is 0.670. The zero-order valence-corrected chi connectivity index (χ0v) is 15.7. The fourth-order valence-electron chi connectivity index (χ4n) is 2.61. The summed E-state index contributed by atoms with van der Waals surface area (Å²) in [6, 6.07) is 12.4. The summed E-state index contributed by atoms with van der Waals surface area (Å²) in [6.45, 7) is 0. The Bertz CT molecular complexity index is 980. The smallest absolute Gasteiger partial charge is 0.378 e. The van der Waals surface area contributed by atoms with Crippen molar-refractivity contribution in [2.45, 2.75) is 6.18 Å². The van der Waals surface area contributed by atoms with Crippen molar-refractivity contribution < 1.29 is 18.0 Å². The molecule has 1 amide bonds. The van der Waals surface area contributed by atoms with Crippen molar-refractivity contribution in [1.82, 2.24) is 9.78 Å². The maximum atomic E-state index is 13.7. The van der Waals surface area contributed by atoms with Crippen LogP contribution in [0, 0.1) is 0 Å². The summed E-state index contributed by atoms with van der Waals surface area (Å²) in [6.07, 6.45) is -3.88. The van der Waals surface area contributed by atoms with Gasteiger partial charge in [0, 0.05) is 30.5 Å². The van der Waals surface area contributed by atoms with Crippen LogP contribution in [0.3, 0.4) is 0 Å². The molecule has 0 atom stereocenters. The number of carbonyl (C=O) groups is 1. The van der Waals surface area contributed by atoms with E-state index in [0.717, 1.165) is 11.9 Å². The van der Waals surface area contributed by atoms with Crippen LogP contribution in [0.15, 0.2) is 54.7 Å². The Hall–Kier alpha value is -3.00. The summed E-state index contributed by atoms with van der Waals surface area (Å²) in [5.74, 6) is -0.898. The fraction of sp³-hybridized carbons (Fsp3) is 0.158. The van der Waals surface area contributed by atoms with Crippen molar-refractivity contribution >= 4 is 28.9 Å². The van der Waals surface area contributed by atoms with Crippen molar-refractivity contribution in [3.8, 4) is 5.69 Å². The van der Waals surface area contributed by atoms with E-state index in [2.05, 4.69) is 10.4 Å². The molecule has 0 fully saturated rings. The first-order valence-corrected chi connectivity index (χ1v) is 8.54. The Balaban J connectivity index is 1.95. The van der Waals surface area contributed by atoms with Crippen LogP contribution in [0.2, 0.25) is 5.02 Å². The lowest BCUT2D eigenvalue weighted by Gasteiger charge is -2.14. The largest absolute Gasteiger partial charge is 0.434 e. The molecule has 28 heavy (non-hydrogen) atoms. The molecule has 0 unspecified atom stereocenters. The standard InChI is InChI=1S/C19H16ClF3N4O/c1-26(2)14-9-5-13(6-10-14)25-18(28)16-11-24-27(17(16)19(21,22)23)15-7-3-12(20)4-8-15/h3-11H,1-2H3,(H,25,28). The highest BCUT2D eigenvalue weighted by atomic mass is 35.5. The molecule has 1 N–H and O–H groups in total. The molecule has 0 saturated carbocycles. The molecular formula is C19H16ClF3N4O. The van der Waals surface area contributed by atoms with Crippen molar-refractivity contribution in [2.75, 3.05) is 24.3 Å². The van der Waals surface area contributed by atoms with Crippen LogP contribution in [0.5, 0.6) is 0 Å². The van der Waals surface area contributed by atoms with Gasteiger partial charge in [0.15, 0.2) is 5.69 Å². The minimum atomic E-state index is -4.78. The lowest BCUT2D eigenvalue weighted by molar-refractivity contribution is -0.143. The van der Waals surface area contributed by atoms with Gasteiger partial charge in [0.05, 0.1) is 17.4 Å². The number of benzene rings is 2. The van der Waals surface area contributed by atoms with Crippen LogP contribution < -0.4 is 10.2 Å². The summed E-state index contributed by atoms with van der Waals surface area (Å²) in [5.41, 5.74) is -0.310. The predicted molar refractivity (Wildman–Crippen MR) is 102 cm³/mol. The molecule has 3 rings (SSSR count). The van der Waals surface area contributed by atoms with Crippen molar-refractivity contribution in [3.05, 3.63) is 71.0 Å². The predicted octanol–water partition coefficient (Wildman–Crippen LogP) is 4.86. The third kappa shape index (κ3) is 4.12. The number of rotatable bonds is 4. The fourth-order valence-corrected chi connectivity index (χ4v) is 2.73. The van der Waals surface area contributed by atoms with Gasteiger partial charge in [0.2, 0.25) is 0 Å². The minimum absolute atomic E-state index is 0.145. The lowest BCUT2D eigenvalue weighted by Crippen LogP contribution is -2.20. The van der Waals surface area contributed by atoms with E-state index in [9.17, 15) is 18.0 Å². The number of nitrogens with zero attached hydrogens (tertiary/aromatic N) is 3. The number of amides is 1. The number of alkyl halides is 3. The first-order valence-electron chi connectivity index (χ1n) is 8.16. The third-order valence-corrected chi connectivity index (χ3v) is 4.25. The number of hydrogen-bond donors (Lipinski definition) is 1. The van der Waals surface area contributed by atoms with Crippen LogP contribution in [-0.4, -0.2) is 29.8 Å². The zero-order valence-electron chi connectivity index (χ0n) is 15.0. The van der Waals surface area contributed by atoms with Crippen molar-refractivity contribution in [3.63, 3.8) is 0 Å². The Kier molecular flexibility index (Phi) is 5.33. The number of anilines is 2. The Morgan fingerprint density at radius 2 is 1.68 bits per heavy atom. The lowest BCUT2D eigenvalue weighted by atomic mass is 10.2. The Morgan fingerprint density at radius 1 is 1.07 bits per heavy atom. The van der Waals surface area contributed by atoms with Crippen molar-refractivity contribution in [1.29, 1.82) is 0 Å². The molecule has 5 nitrogen and oxygen atoms in total. The van der Waals surface area contributed by atoms with Gasteiger partial charge in [-0.2, -0.15) is 18.3 Å².